The highest BCUT2D eigenvalue weighted by molar-refractivity contribution is 6.31. The molecular weight excluding hydrogens is 486 g/mol. The second-order valence-corrected chi connectivity index (χ2v) is 9.37. The highest BCUT2D eigenvalue weighted by Gasteiger charge is 2.32. The number of rotatable bonds is 5. The van der Waals surface area contributed by atoms with E-state index in [4.69, 9.17) is 21.7 Å². The van der Waals surface area contributed by atoms with E-state index in [1.54, 1.807) is 53.7 Å². The summed E-state index contributed by atoms with van der Waals surface area (Å²) in [6, 6.07) is 10.7. The molecule has 184 valence electrons. The molecule has 0 bridgehead atoms. The molecule has 36 heavy (non-hydrogen) atoms. The Bertz CT molecular complexity index is 1560. The molecule has 1 aliphatic heterocycles. The molecule has 9 heteroatoms. The summed E-state index contributed by atoms with van der Waals surface area (Å²) >= 11 is 6.21. The zero-order valence-corrected chi connectivity index (χ0v) is 20.4. The Balaban J connectivity index is 1.59. The molecule has 0 saturated heterocycles. The van der Waals surface area contributed by atoms with Crippen LogP contribution in [-0.4, -0.2) is 26.5 Å². The van der Waals surface area contributed by atoms with Crippen LogP contribution < -0.4 is 10.4 Å². The number of carbonyl (C=O) groups excluding carboxylic acids is 1. The second-order valence-electron chi connectivity index (χ2n) is 8.96. The van der Waals surface area contributed by atoms with Gasteiger partial charge in [0.25, 0.3) is 0 Å². The molecule has 4 aromatic rings. The van der Waals surface area contributed by atoms with Crippen molar-refractivity contribution in [1.29, 1.82) is 5.41 Å². The number of pyridine rings is 1. The van der Waals surface area contributed by atoms with Gasteiger partial charge < -0.3 is 13.9 Å². The summed E-state index contributed by atoms with van der Waals surface area (Å²) in [6.07, 6.45) is 3.88. The largest absolute Gasteiger partial charge is 0.491 e. The molecule has 1 unspecified atom stereocenters. The van der Waals surface area contributed by atoms with E-state index in [0.29, 0.717) is 52.3 Å². The van der Waals surface area contributed by atoms with Crippen molar-refractivity contribution in [3.8, 4) is 16.9 Å². The molecule has 0 radical (unpaired) electrons. The van der Waals surface area contributed by atoms with Gasteiger partial charge in [0.1, 0.15) is 11.6 Å². The van der Waals surface area contributed by atoms with Crippen molar-refractivity contribution in [2.75, 3.05) is 6.61 Å². The Hall–Kier alpha value is -3.78. The number of nitrogens with zero attached hydrogens (tertiary/aromatic N) is 3. The number of aromatic nitrogens is 3. The molecule has 0 saturated carbocycles. The van der Waals surface area contributed by atoms with Gasteiger partial charge in [0.2, 0.25) is 11.6 Å². The van der Waals surface area contributed by atoms with E-state index < -0.39 is 17.7 Å². The number of fused-ring (bicyclic) bond motifs is 1. The molecule has 2 aromatic carbocycles. The van der Waals surface area contributed by atoms with Crippen LogP contribution in [0.1, 0.15) is 27.2 Å². The Labute approximate surface area is 211 Å². The number of halogens is 3. The fourth-order valence-electron chi connectivity index (χ4n) is 4.57. The number of aryl methyl sites for hydroxylation is 2. The number of ether oxygens (including phenoxy) is 1. The summed E-state index contributed by atoms with van der Waals surface area (Å²) in [5.74, 6) is -1.23. The highest BCUT2D eigenvalue weighted by Crippen LogP contribution is 2.40. The zero-order valence-electron chi connectivity index (χ0n) is 19.7. The Kier molecular flexibility index (Phi) is 6.22. The van der Waals surface area contributed by atoms with E-state index in [9.17, 15) is 13.6 Å². The van der Waals surface area contributed by atoms with Crippen LogP contribution in [0.5, 0.6) is 5.75 Å². The van der Waals surface area contributed by atoms with Crippen LogP contribution in [0.25, 0.3) is 11.1 Å². The van der Waals surface area contributed by atoms with Crippen LogP contribution in [0.15, 0.2) is 54.9 Å². The first-order valence-electron chi connectivity index (χ1n) is 11.4. The van der Waals surface area contributed by atoms with Crippen LogP contribution in [-0.2, 0) is 20.0 Å². The summed E-state index contributed by atoms with van der Waals surface area (Å²) in [6.45, 7) is 2.19. The predicted octanol–water partition coefficient (Wildman–Crippen LogP) is 5.09. The fraction of sp³-hybridized carbons (Fsp3) is 0.222. The second kappa shape index (κ2) is 9.35. The minimum atomic E-state index is -0.590. The molecule has 5 rings (SSSR count). The minimum absolute atomic E-state index is 0.114. The standard InChI is InChI=1S/C27H23ClF2N4O2/c1-15-20(5-6-24(30)32-15)21-9-16(13-34-8-7-33(2)27(34)31)10-22-25(35)18(14-36-26(21)22)11-17-3-4-19(29)12-23(17)28/h3-10,12,18,31H,11,13-14H2,1-2H3. The Morgan fingerprint density at radius 2 is 1.89 bits per heavy atom. The van der Waals surface area contributed by atoms with Crippen LogP contribution in [0.4, 0.5) is 8.78 Å². The molecule has 2 aromatic heterocycles. The number of Topliss-reactive ketones (excluding diaryl/α,β-unsaturated/α-hetero) is 1. The number of hydrogen-bond acceptors (Lipinski definition) is 4. The number of ketones is 1. The molecule has 1 N–H and O–H groups in total. The average Bonchev–Trinajstić information content (AvgIpc) is 3.14. The monoisotopic (exact) mass is 508 g/mol. The summed E-state index contributed by atoms with van der Waals surface area (Å²) in [7, 11) is 1.78. The number of nitrogens with one attached hydrogen (secondary N) is 1. The molecular formula is C27H23ClF2N4O2. The number of carbonyl (C=O) groups is 1. The lowest BCUT2D eigenvalue weighted by Gasteiger charge is -2.27. The third kappa shape index (κ3) is 4.44. The third-order valence-electron chi connectivity index (χ3n) is 6.47. The van der Waals surface area contributed by atoms with Crippen molar-refractivity contribution in [3.63, 3.8) is 0 Å². The van der Waals surface area contributed by atoms with Crippen molar-refractivity contribution in [1.82, 2.24) is 14.1 Å². The summed E-state index contributed by atoms with van der Waals surface area (Å²) < 4.78 is 36.8. The van der Waals surface area contributed by atoms with Gasteiger partial charge in [-0.2, -0.15) is 4.39 Å². The maximum absolute atomic E-state index is 13.7. The summed E-state index contributed by atoms with van der Waals surface area (Å²) in [5.41, 5.74) is 3.93. The molecule has 0 amide bonds. The van der Waals surface area contributed by atoms with E-state index in [1.807, 2.05) is 6.07 Å². The van der Waals surface area contributed by atoms with Crippen molar-refractivity contribution in [2.45, 2.75) is 19.9 Å². The maximum atomic E-state index is 13.7. The molecule has 0 fully saturated rings. The van der Waals surface area contributed by atoms with Gasteiger partial charge in [-0.3, -0.25) is 10.2 Å². The van der Waals surface area contributed by atoms with Gasteiger partial charge in [-0.15, -0.1) is 0 Å². The SMILES string of the molecule is Cc1nc(F)ccc1-c1cc(Cn2ccn(C)c2=N)cc2c1OCC(Cc1ccc(F)cc1Cl)C2=O. The molecule has 0 spiro atoms. The quantitative estimate of drug-likeness (QED) is 0.382. The summed E-state index contributed by atoms with van der Waals surface area (Å²) in [5, 5.41) is 8.53. The lowest BCUT2D eigenvalue weighted by atomic mass is 9.86. The van der Waals surface area contributed by atoms with Gasteiger partial charge in [0.05, 0.1) is 24.6 Å². The fourth-order valence-corrected chi connectivity index (χ4v) is 4.81. The highest BCUT2D eigenvalue weighted by atomic mass is 35.5. The molecule has 3 heterocycles. The van der Waals surface area contributed by atoms with Gasteiger partial charge in [0.15, 0.2) is 5.78 Å². The zero-order chi connectivity index (χ0) is 25.6. The average molecular weight is 509 g/mol. The number of hydrogen-bond donors (Lipinski definition) is 1. The van der Waals surface area contributed by atoms with Crippen LogP contribution >= 0.6 is 11.6 Å². The van der Waals surface area contributed by atoms with E-state index in [2.05, 4.69) is 4.98 Å². The van der Waals surface area contributed by atoms with Crippen molar-refractivity contribution in [2.24, 2.45) is 13.0 Å². The van der Waals surface area contributed by atoms with Gasteiger partial charge >= 0.3 is 0 Å². The molecule has 1 atom stereocenters. The molecule has 0 aliphatic carbocycles. The Morgan fingerprint density at radius 3 is 2.58 bits per heavy atom. The smallest absolute Gasteiger partial charge is 0.213 e. The van der Waals surface area contributed by atoms with E-state index in [-0.39, 0.29) is 17.4 Å². The molecule has 6 nitrogen and oxygen atoms in total. The molecule has 1 aliphatic rings. The minimum Gasteiger partial charge on any atom is -0.491 e. The van der Waals surface area contributed by atoms with Gasteiger partial charge in [-0.1, -0.05) is 17.7 Å². The van der Waals surface area contributed by atoms with Gasteiger partial charge in [-0.25, -0.2) is 9.37 Å². The van der Waals surface area contributed by atoms with Crippen molar-refractivity contribution >= 4 is 17.4 Å². The maximum Gasteiger partial charge on any atom is 0.213 e. The predicted molar refractivity (Wildman–Crippen MR) is 131 cm³/mol. The van der Waals surface area contributed by atoms with Crippen molar-refractivity contribution in [3.05, 3.63) is 99.6 Å². The Morgan fingerprint density at radius 1 is 1.11 bits per heavy atom. The number of imidazole rings is 1. The van der Waals surface area contributed by atoms with Crippen LogP contribution in [0.2, 0.25) is 5.02 Å². The topological polar surface area (TPSA) is 72.9 Å². The first-order valence-corrected chi connectivity index (χ1v) is 11.8. The summed E-state index contributed by atoms with van der Waals surface area (Å²) in [4.78, 5) is 17.6. The van der Waals surface area contributed by atoms with Crippen LogP contribution in [0, 0.1) is 30.0 Å². The number of benzene rings is 2. The van der Waals surface area contributed by atoms with E-state index >= 15 is 0 Å². The lowest BCUT2D eigenvalue weighted by molar-refractivity contribution is 0.0831. The van der Waals surface area contributed by atoms with E-state index in [0.717, 1.165) is 5.56 Å². The van der Waals surface area contributed by atoms with Gasteiger partial charge in [0, 0.05) is 41.3 Å². The van der Waals surface area contributed by atoms with Gasteiger partial charge in [-0.05, 0) is 60.9 Å². The third-order valence-corrected chi connectivity index (χ3v) is 6.82. The van der Waals surface area contributed by atoms with E-state index in [1.165, 1.54) is 18.2 Å². The van der Waals surface area contributed by atoms with Crippen LogP contribution in [0.3, 0.4) is 0 Å². The van der Waals surface area contributed by atoms with Crippen molar-refractivity contribution < 1.29 is 18.3 Å². The lowest BCUT2D eigenvalue weighted by Crippen LogP contribution is -2.30. The first-order chi connectivity index (χ1) is 17.2. The normalized spacial score (nSPS) is 15.0. The first kappa shape index (κ1) is 23.9.